The maximum Gasteiger partial charge on any atom is 0.244 e. The Labute approximate surface area is 110 Å². The van der Waals surface area contributed by atoms with Crippen LogP contribution in [0, 0.1) is 6.92 Å². The molecule has 0 bridgehead atoms. The third-order valence-electron chi connectivity index (χ3n) is 2.70. The van der Waals surface area contributed by atoms with Crippen molar-refractivity contribution >= 4 is 34.1 Å². The number of thiazole rings is 1. The van der Waals surface area contributed by atoms with Gasteiger partial charge in [0.25, 0.3) is 0 Å². The van der Waals surface area contributed by atoms with Crippen LogP contribution in [0.4, 0.5) is 5.13 Å². The zero-order chi connectivity index (χ0) is 12.3. The number of amides is 1. The van der Waals surface area contributed by atoms with E-state index in [0.717, 1.165) is 35.3 Å². The predicted molar refractivity (Wildman–Crippen MR) is 74.0 cm³/mol. The van der Waals surface area contributed by atoms with E-state index < -0.39 is 0 Å². The van der Waals surface area contributed by atoms with Crippen molar-refractivity contribution in [3.63, 3.8) is 0 Å². The molecule has 1 unspecified atom stereocenters. The second kappa shape index (κ2) is 5.84. The van der Waals surface area contributed by atoms with E-state index in [2.05, 4.69) is 22.5 Å². The van der Waals surface area contributed by atoms with Gasteiger partial charge in [0.15, 0.2) is 5.13 Å². The topological polar surface area (TPSA) is 54.0 Å². The lowest BCUT2D eigenvalue weighted by atomic mass is 10.3. The van der Waals surface area contributed by atoms with Crippen LogP contribution in [-0.4, -0.2) is 35.0 Å². The van der Waals surface area contributed by atoms with Crippen LogP contribution in [-0.2, 0) is 11.2 Å². The Hall–Kier alpha value is -0.590. The lowest BCUT2D eigenvalue weighted by molar-refractivity contribution is -0.117. The fraction of sp³-hybridized carbons (Fsp3) is 0.636. The molecule has 1 atom stereocenters. The number of carbonyl (C=O) groups is 1. The number of aromatic nitrogens is 1. The van der Waals surface area contributed by atoms with Crippen molar-refractivity contribution in [3.8, 4) is 0 Å². The van der Waals surface area contributed by atoms with Crippen LogP contribution in [0.3, 0.4) is 0 Å². The summed E-state index contributed by atoms with van der Waals surface area (Å²) in [7, 11) is 0. The molecule has 1 aromatic heterocycles. The molecule has 0 aromatic carbocycles. The van der Waals surface area contributed by atoms with Crippen molar-refractivity contribution in [1.29, 1.82) is 0 Å². The number of nitrogens with one attached hydrogen (secondary N) is 2. The molecule has 4 nitrogen and oxygen atoms in total. The van der Waals surface area contributed by atoms with Crippen molar-refractivity contribution in [2.75, 3.05) is 23.4 Å². The normalized spacial score (nSPS) is 20.2. The second-order valence-corrected chi connectivity index (χ2v) is 6.30. The molecule has 2 heterocycles. The van der Waals surface area contributed by atoms with Gasteiger partial charge in [-0.15, -0.1) is 11.3 Å². The molecule has 2 N–H and O–H groups in total. The quantitative estimate of drug-likeness (QED) is 0.878. The minimum absolute atomic E-state index is 0.0357. The fourth-order valence-electron chi connectivity index (χ4n) is 1.74. The van der Waals surface area contributed by atoms with E-state index in [9.17, 15) is 4.79 Å². The first-order chi connectivity index (χ1) is 8.20. The average Bonchev–Trinajstić information content (AvgIpc) is 2.70. The van der Waals surface area contributed by atoms with E-state index in [-0.39, 0.29) is 11.9 Å². The van der Waals surface area contributed by atoms with Crippen LogP contribution in [0.1, 0.15) is 17.5 Å². The molecule has 0 aliphatic carbocycles. The zero-order valence-electron chi connectivity index (χ0n) is 10.1. The highest BCUT2D eigenvalue weighted by Gasteiger charge is 2.21. The van der Waals surface area contributed by atoms with Gasteiger partial charge in [0.05, 0.1) is 11.7 Å². The van der Waals surface area contributed by atoms with Gasteiger partial charge in [0, 0.05) is 22.9 Å². The van der Waals surface area contributed by atoms with Crippen molar-refractivity contribution in [2.24, 2.45) is 0 Å². The summed E-state index contributed by atoms with van der Waals surface area (Å²) in [6.07, 6.45) is 0.912. The number of anilines is 1. The third-order valence-corrected chi connectivity index (χ3v) is 4.69. The van der Waals surface area contributed by atoms with Crippen LogP contribution < -0.4 is 10.6 Å². The minimum Gasteiger partial charge on any atom is -0.304 e. The van der Waals surface area contributed by atoms with Gasteiger partial charge >= 0.3 is 0 Å². The molecule has 2 rings (SSSR count). The first-order valence-corrected chi connectivity index (χ1v) is 7.76. The summed E-state index contributed by atoms with van der Waals surface area (Å²) in [5.41, 5.74) is 1.08. The van der Waals surface area contributed by atoms with Crippen molar-refractivity contribution < 1.29 is 4.79 Å². The summed E-state index contributed by atoms with van der Waals surface area (Å²) >= 11 is 3.37. The number of hydrogen-bond donors (Lipinski definition) is 2. The zero-order valence-corrected chi connectivity index (χ0v) is 11.7. The highest BCUT2D eigenvalue weighted by molar-refractivity contribution is 7.99. The molecule has 1 fully saturated rings. The molecule has 1 saturated heterocycles. The summed E-state index contributed by atoms with van der Waals surface area (Å²) in [4.78, 5) is 17.6. The van der Waals surface area contributed by atoms with Crippen molar-refractivity contribution in [3.05, 3.63) is 10.6 Å². The van der Waals surface area contributed by atoms with Gasteiger partial charge in [-0.3, -0.25) is 4.79 Å². The smallest absolute Gasteiger partial charge is 0.244 e. The molecular weight excluding hydrogens is 254 g/mol. The third kappa shape index (κ3) is 3.20. The van der Waals surface area contributed by atoms with Gasteiger partial charge in [-0.1, -0.05) is 6.92 Å². The van der Waals surface area contributed by atoms with E-state index in [1.54, 1.807) is 11.3 Å². The maximum absolute atomic E-state index is 12.0. The van der Waals surface area contributed by atoms with E-state index in [0.29, 0.717) is 0 Å². The van der Waals surface area contributed by atoms with Gasteiger partial charge in [-0.25, -0.2) is 4.98 Å². The van der Waals surface area contributed by atoms with Gasteiger partial charge in [-0.05, 0) is 13.3 Å². The van der Waals surface area contributed by atoms with Crippen molar-refractivity contribution in [1.82, 2.24) is 10.3 Å². The Morgan fingerprint density at radius 3 is 3.06 bits per heavy atom. The first-order valence-electron chi connectivity index (χ1n) is 5.79. The standard InChI is InChI=1S/C11H17N3OS2/c1-3-8-7(2)17-11(13-8)14-10(15)9-6-16-5-4-12-9/h9,12H,3-6H2,1-2H3,(H,13,14,15). The number of nitrogens with zero attached hydrogens (tertiary/aromatic N) is 1. The lowest BCUT2D eigenvalue weighted by Gasteiger charge is -2.21. The van der Waals surface area contributed by atoms with Crippen LogP contribution in [0.2, 0.25) is 0 Å². The Kier molecular flexibility index (Phi) is 4.42. The summed E-state index contributed by atoms with van der Waals surface area (Å²) in [6, 6.07) is -0.0805. The van der Waals surface area contributed by atoms with E-state index in [1.807, 2.05) is 18.7 Å². The molecule has 94 valence electrons. The predicted octanol–water partition coefficient (Wildman–Crippen LogP) is 1.66. The molecule has 0 saturated carbocycles. The van der Waals surface area contributed by atoms with Crippen LogP contribution in [0.5, 0.6) is 0 Å². The average molecular weight is 271 g/mol. The van der Waals surface area contributed by atoms with Gasteiger partial charge < -0.3 is 10.6 Å². The largest absolute Gasteiger partial charge is 0.304 e. The number of thioether (sulfide) groups is 1. The number of hydrogen-bond acceptors (Lipinski definition) is 5. The Morgan fingerprint density at radius 2 is 2.47 bits per heavy atom. The number of rotatable bonds is 3. The second-order valence-electron chi connectivity index (χ2n) is 3.95. The van der Waals surface area contributed by atoms with Crippen LogP contribution in [0.15, 0.2) is 0 Å². The molecule has 1 aliphatic heterocycles. The number of aryl methyl sites for hydroxylation is 2. The summed E-state index contributed by atoms with van der Waals surface area (Å²) in [5, 5.41) is 6.84. The lowest BCUT2D eigenvalue weighted by Crippen LogP contribution is -2.46. The Balaban J connectivity index is 1.97. The highest BCUT2D eigenvalue weighted by Crippen LogP contribution is 2.22. The molecule has 1 aromatic rings. The van der Waals surface area contributed by atoms with Crippen LogP contribution in [0.25, 0.3) is 0 Å². The first kappa shape index (κ1) is 12.9. The van der Waals surface area contributed by atoms with Gasteiger partial charge in [0.2, 0.25) is 5.91 Å². The highest BCUT2D eigenvalue weighted by atomic mass is 32.2. The molecule has 1 aliphatic rings. The number of carbonyl (C=O) groups excluding carboxylic acids is 1. The minimum atomic E-state index is -0.0805. The summed E-state index contributed by atoms with van der Waals surface area (Å²) in [5.74, 6) is 1.96. The molecule has 0 spiro atoms. The van der Waals surface area contributed by atoms with Crippen molar-refractivity contribution in [2.45, 2.75) is 26.3 Å². The monoisotopic (exact) mass is 271 g/mol. The Bertz CT molecular complexity index is 399. The summed E-state index contributed by atoms with van der Waals surface area (Å²) in [6.45, 7) is 5.02. The van der Waals surface area contributed by atoms with Gasteiger partial charge in [0.1, 0.15) is 0 Å². The molecule has 6 heteroatoms. The molecular formula is C11H17N3OS2. The van der Waals surface area contributed by atoms with Crippen LogP contribution >= 0.6 is 23.1 Å². The Morgan fingerprint density at radius 1 is 1.65 bits per heavy atom. The molecule has 17 heavy (non-hydrogen) atoms. The molecule has 0 radical (unpaired) electrons. The summed E-state index contributed by atoms with van der Waals surface area (Å²) < 4.78 is 0. The fourth-order valence-corrected chi connectivity index (χ4v) is 3.57. The van der Waals surface area contributed by atoms with E-state index in [1.165, 1.54) is 4.88 Å². The maximum atomic E-state index is 12.0. The molecule has 1 amide bonds. The van der Waals surface area contributed by atoms with E-state index in [4.69, 9.17) is 0 Å². The SMILES string of the molecule is CCc1nc(NC(=O)C2CSCCN2)sc1C. The van der Waals surface area contributed by atoms with Gasteiger partial charge in [-0.2, -0.15) is 11.8 Å². The van der Waals surface area contributed by atoms with E-state index >= 15 is 0 Å².